The minimum atomic E-state index is -3.86. The maximum atomic E-state index is 12.7. The van der Waals surface area contributed by atoms with Crippen molar-refractivity contribution in [1.29, 1.82) is 0 Å². The van der Waals surface area contributed by atoms with E-state index < -0.39 is 33.4 Å². The van der Waals surface area contributed by atoms with Gasteiger partial charge in [-0.3, -0.25) is 9.59 Å². The summed E-state index contributed by atoms with van der Waals surface area (Å²) >= 11 is 0. The number of benzene rings is 1. The number of nitrogens with zero attached hydrogens (tertiary/aromatic N) is 1. The molecule has 0 aliphatic heterocycles. The topological polar surface area (TPSA) is 80.8 Å². The molecule has 0 fully saturated rings. The van der Waals surface area contributed by atoms with Gasteiger partial charge in [-0.15, -0.1) is 6.58 Å². The van der Waals surface area contributed by atoms with Crippen molar-refractivity contribution in [3.8, 4) is 0 Å². The summed E-state index contributed by atoms with van der Waals surface area (Å²) in [4.78, 5) is 26.2. The molecule has 0 aliphatic carbocycles. The van der Waals surface area contributed by atoms with Crippen molar-refractivity contribution in [2.75, 3.05) is 23.8 Å². The van der Waals surface area contributed by atoms with E-state index in [-0.39, 0.29) is 12.4 Å². The van der Waals surface area contributed by atoms with Crippen LogP contribution in [-0.2, 0) is 24.2 Å². The number of sulfone groups is 1. The van der Waals surface area contributed by atoms with Crippen LogP contribution in [0.25, 0.3) is 0 Å². The summed E-state index contributed by atoms with van der Waals surface area (Å²) in [5.41, 5.74) is 1.70. The van der Waals surface area contributed by atoms with Crippen LogP contribution in [0, 0.1) is 6.92 Å². The van der Waals surface area contributed by atoms with E-state index in [1.54, 1.807) is 26.0 Å². The predicted molar refractivity (Wildman–Crippen MR) is 98.2 cm³/mol. The van der Waals surface area contributed by atoms with Gasteiger partial charge in [-0.2, -0.15) is 0 Å². The lowest BCUT2D eigenvalue weighted by atomic mass is 10.2. The minimum Gasteiger partial charge on any atom is -0.465 e. The van der Waals surface area contributed by atoms with Crippen LogP contribution in [0.2, 0.25) is 0 Å². The molecule has 0 saturated carbocycles. The molecule has 0 aromatic heterocycles. The predicted octanol–water partition coefficient (Wildman–Crippen LogP) is 2.27. The molecule has 1 atom stereocenters. The third-order valence-corrected chi connectivity index (χ3v) is 5.58. The molecule has 138 valence electrons. The van der Waals surface area contributed by atoms with Gasteiger partial charge in [-0.05, 0) is 32.9 Å². The van der Waals surface area contributed by atoms with Gasteiger partial charge in [0.15, 0.2) is 15.1 Å². The molecule has 0 bridgehead atoms. The molecule has 0 spiro atoms. The molecule has 0 saturated heterocycles. The lowest BCUT2D eigenvalue weighted by Gasteiger charge is -2.23. The van der Waals surface area contributed by atoms with Crippen LogP contribution >= 0.6 is 0 Å². The first-order valence-electron chi connectivity index (χ1n) is 8.12. The molecule has 0 aliphatic rings. The summed E-state index contributed by atoms with van der Waals surface area (Å²) < 4.78 is 29.5. The van der Waals surface area contributed by atoms with E-state index in [0.717, 1.165) is 5.56 Å². The Morgan fingerprint density at radius 1 is 1.24 bits per heavy atom. The molecule has 7 heteroatoms. The Bertz CT molecular complexity index is 709. The molecule has 1 amide bonds. The number of ether oxygens (including phenoxy) is 1. The molecule has 0 radical (unpaired) electrons. The number of hydrogen-bond acceptors (Lipinski definition) is 5. The highest BCUT2D eigenvalue weighted by molar-refractivity contribution is 7.92. The smallest absolute Gasteiger partial charge is 0.324 e. The van der Waals surface area contributed by atoms with Crippen LogP contribution in [0.5, 0.6) is 0 Å². The van der Waals surface area contributed by atoms with Gasteiger partial charge in [-0.1, -0.05) is 23.8 Å². The Morgan fingerprint density at radius 3 is 2.32 bits per heavy atom. The molecule has 1 aromatic carbocycles. The zero-order valence-electron chi connectivity index (χ0n) is 14.9. The molecule has 6 nitrogen and oxygen atoms in total. The second-order valence-electron chi connectivity index (χ2n) is 5.54. The largest absolute Gasteiger partial charge is 0.465 e. The number of esters is 1. The van der Waals surface area contributed by atoms with E-state index in [1.807, 2.05) is 19.1 Å². The first kappa shape index (κ1) is 20.9. The number of carbonyl (C=O) groups excluding carboxylic acids is 2. The fourth-order valence-corrected chi connectivity index (χ4v) is 3.69. The number of anilines is 1. The van der Waals surface area contributed by atoms with E-state index in [0.29, 0.717) is 12.2 Å². The van der Waals surface area contributed by atoms with Crippen molar-refractivity contribution in [3.63, 3.8) is 0 Å². The zero-order valence-corrected chi connectivity index (χ0v) is 15.7. The van der Waals surface area contributed by atoms with E-state index >= 15 is 0 Å². The highest BCUT2D eigenvalue weighted by atomic mass is 32.2. The third kappa shape index (κ3) is 5.70. The fraction of sp³-hybridized carbons (Fsp3) is 0.444. The van der Waals surface area contributed by atoms with Crippen molar-refractivity contribution in [2.24, 2.45) is 0 Å². The van der Waals surface area contributed by atoms with Crippen LogP contribution in [0.15, 0.2) is 36.9 Å². The molecule has 0 heterocycles. The van der Waals surface area contributed by atoms with Gasteiger partial charge in [-0.25, -0.2) is 8.42 Å². The van der Waals surface area contributed by atoms with Gasteiger partial charge in [0.25, 0.3) is 0 Å². The van der Waals surface area contributed by atoms with Crippen LogP contribution in [0.4, 0.5) is 5.69 Å². The van der Waals surface area contributed by atoms with Crippen molar-refractivity contribution in [2.45, 2.75) is 32.4 Å². The third-order valence-electron chi connectivity index (χ3n) is 3.66. The summed E-state index contributed by atoms with van der Waals surface area (Å²) in [7, 11) is -3.86. The highest BCUT2D eigenvalue weighted by Crippen LogP contribution is 2.19. The van der Waals surface area contributed by atoms with Crippen LogP contribution in [-0.4, -0.2) is 44.4 Å². The molecule has 1 rings (SSSR count). The number of carbonyl (C=O) groups is 2. The quantitative estimate of drug-likeness (QED) is 0.494. The molecular formula is C18H25NO5S. The Labute approximate surface area is 149 Å². The van der Waals surface area contributed by atoms with E-state index in [2.05, 4.69) is 6.58 Å². The average Bonchev–Trinajstić information content (AvgIpc) is 2.55. The minimum absolute atomic E-state index is 0.0442. The number of rotatable bonds is 9. The first-order valence-corrected chi connectivity index (χ1v) is 9.84. The van der Waals surface area contributed by atoms with Gasteiger partial charge in [0, 0.05) is 12.2 Å². The van der Waals surface area contributed by atoms with Crippen molar-refractivity contribution in [1.82, 2.24) is 0 Å². The highest BCUT2D eigenvalue weighted by Gasteiger charge is 2.36. The normalized spacial score (nSPS) is 12.3. The van der Waals surface area contributed by atoms with Crippen molar-refractivity contribution >= 4 is 27.4 Å². The standard InChI is InChI=1S/C18H25NO5S/c1-5-12-25(22,23)16(18(21)24-7-3)13-17(20)19(6-2)15-10-8-14(4)9-11-15/h5,8-11,16H,1,6-7,12-13H2,2-4H3. The van der Waals surface area contributed by atoms with Gasteiger partial charge in [0.05, 0.1) is 18.8 Å². The fourth-order valence-electron chi connectivity index (χ4n) is 2.37. The summed E-state index contributed by atoms with van der Waals surface area (Å²) in [5.74, 6) is -1.74. The lowest BCUT2D eigenvalue weighted by Crippen LogP contribution is -2.40. The summed E-state index contributed by atoms with van der Waals surface area (Å²) in [6.45, 7) is 9.10. The van der Waals surface area contributed by atoms with Gasteiger partial charge < -0.3 is 9.64 Å². The second-order valence-corrected chi connectivity index (χ2v) is 7.76. The van der Waals surface area contributed by atoms with E-state index in [4.69, 9.17) is 4.74 Å². The summed E-state index contributed by atoms with van der Waals surface area (Å²) in [6.07, 6.45) is 0.736. The van der Waals surface area contributed by atoms with Gasteiger partial charge in [0.2, 0.25) is 5.91 Å². The maximum absolute atomic E-state index is 12.7. The molecule has 1 unspecified atom stereocenters. The first-order chi connectivity index (χ1) is 11.8. The Balaban J connectivity index is 3.08. The van der Waals surface area contributed by atoms with Crippen LogP contribution < -0.4 is 4.90 Å². The SMILES string of the molecule is C=CCS(=O)(=O)C(CC(=O)N(CC)c1ccc(C)cc1)C(=O)OCC. The molecule has 25 heavy (non-hydrogen) atoms. The molecular weight excluding hydrogens is 342 g/mol. The second kappa shape index (κ2) is 9.36. The monoisotopic (exact) mass is 367 g/mol. The number of hydrogen-bond donors (Lipinski definition) is 0. The van der Waals surface area contributed by atoms with Crippen LogP contribution in [0.3, 0.4) is 0 Å². The van der Waals surface area contributed by atoms with Crippen LogP contribution in [0.1, 0.15) is 25.8 Å². The van der Waals surface area contributed by atoms with E-state index in [9.17, 15) is 18.0 Å². The van der Waals surface area contributed by atoms with Gasteiger partial charge in [0.1, 0.15) is 0 Å². The van der Waals surface area contributed by atoms with Crippen molar-refractivity contribution < 1.29 is 22.7 Å². The summed E-state index contributed by atoms with van der Waals surface area (Å²) in [5, 5.41) is -1.53. The number of amides is 1. The zero-order chi connectivity index (χ0) is 19.0. The Kier molecular flexibility index (Phi) is 7.83. The average molecular weight is 367 g/mol. The number of aryl methyl sites for hydroxylation is 1. The van der Waals surface area contributed by atoms with Gasteiger partial charge >= 0.3 is 5.97 Å². The Hall–Kier alpha value is -2.15. The Morgan fingerprint density at radius 2 is 1.84 bits per heavy atom. The van der Waals surface area contributed by atoms with E-state index in [1.165, 1.54) is 11.0 Å². The summed E-state index contributed by atoms with van der Waals surface area (Å²) in [6, 6.07) is 7.30. The molecule has 1 aromatic rings. The molecule has 0 N–H and O–H groups in total. The lowest BCUT2D eigenvalue weighted by molar-refractivity contribution is -0.143. The maximum Gasteiger partial charge on any atom is 0.324 e. The van der Waals surface area contributed by atoms with Crippen molar-refractivity contribution in [3.05, 3.63) is 42.5 Å².